The molecule has 1 aromatic heterocycles. The fourth-order valence-electron chi connectivity index (χ4n) is 2.36. The number of esters is 1. The van der Waals surface area contributed by atoms with E-state index in [0.717, 1.165) is 0 Å². The summed E-state index contributed by atoms with van der Waals surface area (Å²) in [6.07, 6.45) is -0.0746. The lowest BCUT2D eigenvalue weighted by atomic mass is 10.0. The lowest BCUT2D eigenvalue weighted by Crippen LogP contribution is -2.50. The first-order valence-corrected chi connectivity index (χ1v) is 7.27. The lowest BCUT2D eigenvalue weighted by Gasteiger charge is -2.23. The number of amides is 1. The lowest BCUT2D eigenvalue weighted by molar-refractivity contribution is -0.149. The highest BCUT2D eigenvalue weighted by atomic mass is 16.5. The van der Waals surface area contributed by atoms with Crippen molar-refractivity contribution in [1.29, 1.82) is 0 Å². The molecule has 0 aliphatic carbocycles. The van der Waals surface area contributed by atoms with Crippen molar-refractivity contribution in [3.8, 4) is 5.75 Å². The van der Waals surface area contributed by atoms with E-state index in [2.05, 4.69) is 10.1 Å². The zero-order valence-electron chi connectivity index (χ0n) is 14.0. The van der Waals surface area contributed by atoms with Gasteiger partial charge < -0.3 is 19.2 Å². The molecule has 7 nitrogen and oxygen atoms in total. The molecule has 0 aliphatic rings. The summed E-state index contributed by atoms with van der Waals surface area (Å²) in [5.74, 6) is -0.426. The molecule has 2 rings (SSSR count). The Morgan fingerprint density at radius 2 is 1.92 bits per heavy atom. The smallest absolute Gasteiger partial charge is 0.336 e. The van der Waals surface area contributed by atoms with Crippen molar-refractivity contribution in [3.05, 3.63) is 40.2 Å². The van der Waals surface area contributed by atoms with Crippen LogP contribution in [-0.2, 0) is 20.7 Å². The zero-order valence-corrected chi connectivity index (χ0v) is 14.0. The van der Waals surface area contributed by atoms with E-state index in [-0.39, 0.29) is 6.42 Å². The second-order valence-electron chi connectivity index (χ2n) is 5.79. The molecule has 1 heterocycles. The van der Waals surface area contributed by atoms with Crippen LogP contribution in [0.15, 0.2) is 33.5 Å². The van der Waals surface area contributed by atoms with Crippen molar-refractivity contribution in [3.63, 3.8) is 0 Å². The maximum atomic E-state index is 12.3. The number of rotatable bonds is 5. The number of carbonyl (C=O) groups excluding carboxylic acids is 2. The van der Waals surface area contributed by atoms with Crippen molar-refractivity contribution in [1.82, 2.24) is 5.32 Å². The molecule has 24 heavy (non-hydrogen) atoms. The molecule has 1 amide bonds. The molecule has 128 valence electrons. The molecular formula is C17H19NO6. The Hall–Kier alpha value is -2.83. The number of hydrogen-bond acceptors (Lipinski definition) is 6. The van der Waals surface area contributed by atoms with Crippen LogP contribution in [0.3, 0.4) is 0 Å². The molecule has 2 aromatic rings. The first kappa shape index (κ1) is 17.5. The van der Waals surface area contributed by atoms with E-state index < -0.39 is 23.0 Å². The maximum Gasteiger partial charge on any atom is 0.336 e. The van der Waals surface area contributed by atoms with Gasteiger partial charge in [-0.1, -0.05) is 0 Å². The van der Waals surface area contributed by atoms with Crippen LogP contribution < -0.4 is 15.7 Å². The van der Waals surface area contributed by atoms with Crippen LogP contribution in [-0.4, -0.2) is 31.6 Å². The predicted molar refractivity (Wildman–Crippen MR) is 87.0 cm³/mol. The molecular weight excluding hydrogens is 314 g/mol. The summed E-state index contributed by atoms with van der Waals surface area (Å²) >= 11 is 0. The number of fused-ring (bicyclic) bond motifs is 1. The molecule has 1 N–H and O–H groups in total. The van der Waals surface area contributed by atoms with Gasteiger partial charge in [-0.3, -0.25) is 4.79 Å². The average molecular weight is 333 g/mol. The van der Waals surface area contributed by atoms with Crippen molar-refractivity contribution in [2.24, 2.45) is 0 Å². The Labute approximate surface area is 138 Å². The molecule has 0 spiro atoms. The van der Waals surface area contributed by atoms with Crippen LogP contribution in [0.2, 0.25) is 0 Å². The molecule has 1 aromatic carbocycles. The van der Waals surface area contributed by atoms with Crippen molar-refractivity contribution in [2.75, 3.05) is 14.2 Å². The van der Waals surface area contributed by atoms with Gasteiger partial charge in [-0.05, 0) is 31.5 Å². The fourth-order valence-corrected chi connectivity index (χ4v) is 2.36. The molecule has 0 bridgehead atoms. The normalized spacial score (nSPS) is 11.2. The second-order valence-corrected chi connectivity index (χ2v) is 5.79. The Morgan fingerprint density at radius 3 is 2.54 bits per heavy atom. The van der Waals surface area contributed by atoms with Crippen molar-refractivity contribution < 1.29 is 23.5 Å². The van der Waals surface area contributed by atoms with Crippen LogP contribution in [0.25, 0.3) is 11.0 Å². The predicted octanol–water partition coefficient (Wildman–Crippen LogP) is 1.41. The SMILES string of the molecule is COC(=O)C(C)(C)NC(=O)Cc1cc(=O)oc2cc(OC)ccc12. The number of methoxy groups -OCH3 is 2. The highest BCUT2D eigenvalue weighted by Crippen LogP contribution is 2.23. The van der Waals surface area contributed by atoms with Gasteiger partial charge in [0.1, 0.15) is 16.9 Å². The third-order valence-corrected chi connectivity index (χ3v) is 3.54. The van der Waals surface area contributed by atoms with Gasteiger partial charge >= 0.3 is 11.6 Å². The third-order valence-electron chi connectivity index (χ3n) is 3.54. The maximum absolute atomic E-state index is 12.3. The Bertz CT molecular complexity index is 837. The van der Waals surface area contributed by atoms with E-state index in [0.29, 0.717) is 22.3 Å². The monoisotopic (exact) mass is 333 g/mol. The molecule has 0 fully saturated rings. The van der Waals surface area contributed by atoms with E-state index in [1.54, 1.807) is 32.0 Å². The van der Waals surface area contributed by atoms with Gasteiger partial charge in [-0.25, -0.2) is 9.59 Å². The zero-order chi connectivity index (χ0) is 17.9. The van der Waals surface area contributed by atoms with Crippen molar-refractivity contribution in [2.45, 2.75) is 25.8 Å². The number of hydrogen-bond donors (Lipinski definition) is 1. The standard InChI is InChI=1S/C17H19NO6/c1-17(2,16(21)23-4)18-14(19)7-10-8-15(20)24-13-9-11(22-3)5-6-12(10)13/h5-6,8-9H,7H2,1-4H3,(H,18,19). The molecule has 7 heteroatoms. The minimum Gasteiger partial charge on any atom is -0.497 e. The van der Waals surface area contributed by atoms with Crippen LogP contribution >= 0.6 is 0 Å². The Kier molecular flexibility index (Phi) is 4.92. The fraction of sp³-hybridized carbons (Fsp3) is 0.353. The largest absolute Gasteiger partial charge is 0.497 e. The van der Waals surface area contributed by atoms with Gasteiger partial charge in [0, 0.05) is 17.5 Å². The van der Waals surface area contributed by atoms with Crippen LogP contribution in [0, 0.1) is 0 Å². The third kappa shape index (κ3) is 3.73. The number of benzene rings is 1. The summed E-state index contributed by atoms with van der Waals surface area (Å²) in [6.45, 7) is 3.08. The quantitative estimate of drug-likeness (QED) is 0.657. The number of nitrogens with one attached hydrogen (secondary N) is 1. The highest BCUT2D eigenvalue weighted by molar-refractivity contribution is 5.91. The van der Waals surface area contributed by atoms with Gasteiger partial charge in [0.15, 0.2) is 0 Å². The molecule has 0 unspecified atom stereocenters. The molecule has 0 saturated carbocycles. The van der Waals surface area contributed by atoms with Crippen LogP contribution in [0.4, 0.5) is 0 Å². The Morgan fingerprint density at radius 1 is 1.21 bits per heavy atom. The van der Waals surface area contributed by atoms with E-state index >= 15 is 0 Å². The molecule has 0 aliphatic heterocycles. The van der Waals surface area contributed by atoms with Gasteiger partial charge in [-0.15, -0.1) is 0 Å². The summed E-state index contributed by atoms with van der Waals surface area (Å²) in [6, 6.07) is 6.27. The van der Waals surface area contributed by atoms with Crippen LogP contribution in [0.5, 0.6) is 5.75 Å². The highest BCUT2D eigenvalue weighted by Gasteiger charge is 2.30. The van der Waals surface area contributed by atoms with Gasteiger partial charge in [0.25, 0.3) is 0 Å². The van der Waals surface area contributed by atoms with E-state index in [1.165, 1.54) is 20.3 Å². The first-order chi connectivity index (χ1) is 11.3. The summed E-state index contributed by atoms with van der Waals surface area (Å²) in [5.41, 5.74) is -0.894. The summed E-state index contributed by atoms with van der Waals surface area (Å²) < 4.78 is 14.9. The van der Waals surface area contributed by atoms with Gasteiger partial charge in [0.2, 0.25) is 5.91 Å². The van der Waals surface area contributed by atoms with Crippen LogP contribution in [0.1, 0.15) is 19.4 Å². The number of carbonyl (C=O) groups is 2. The molecule has 0 atom stereocenters. The minimum atomic E-state index is -1.16. The summed E-state index contributed by atoms with van der Waals surface area (Å²) in [5, 5.41) is 3.22. The summed E-state index contributed by atoms with van der Waals surface area (Å²) in [4.78, 5) is 35.6. The van der Waals surface area contributed by atoms with E-state index in [1.807, 2.05) is 0 Å². The van der Waals surface area contributed by atoms with Crippen molar-refractivity contribution >= 4 is 22.8 Å². The number of ether oxygens (including phenoxy) is 2. The van der Waals surface area contributed by atoms with E-state index in [4.69, 9.17) is 9.15 Å². The minimum absolute atomic E-state index is 0.0746. The Balaban J connectivity index is 2.31. The topological polar surface area (TPSA) is 94.8 Å². The first-order valence-electron chi connectivity index (χ1n) is 7.27. The van der Waals surface area contributed by atoms with Gasteiger partial charge in [-0.2, -0.15) is 0 Å². The molecule has 0 radical (unpaired) electrons. The summed E-state index contributed by atoms with van der Waals surface area (Å²) in [7, 11) is 2.75. The average Bonchev–Trinajstić information content (AvgIpc) is 2.52. The van der Waals surface area contributed by atoms with E-state index in [9.17, 15) is 14.4 Å². The second kappa shape index (κ2) is 6.74. The molecule has 0 saturated heterocycles. The van der Waals surface area contributed by atoms with Gasteiger partial charge in [0.05, 0.1) is 20.6 Å².